The Hall–Kier alpha value is -1.56. The van der Waals surface area contributed by atoms with Crippen LogP contribution in [0.4, 0.5) is 0 Å². The molecule has 3 heterocycles. The van der Waals surface area contributed by atoms with E-state index in [2.05, 4.69) is 4.98 Å². The maximum absolute atomic E-state index is 12.0. The number of aromatic nitrogens is 2. The third-order valence-corrected chi connectivity index (χ3v) is 3.78. The first kappa shape index (κ1) is 15.3. The Morgan fingerprint density at radius 2 is 1.95 bits per heavy atom. The van der Waals surface area contributed by atoms with Crippen LogP contribution in [-0.4, -0.2) is 58.6 Å². The molecule has 2 aliphatic rings. The Balaban J connectivity index is 2.04. The summed E-state index contributed by atoms with van der Waals surface area (Å²) >= 11 is 0. The minimum Gasteiger partial charge on any atom is -0.387 e. The molecular weight excluding hydrogens is 300 g/mol. The van der Waals surface area contributed by atoms with Crippen molar-refractivity contribution in [3.63, 3.8) is 0 Å². The molecule has 3 N–H and O–H groups in total. The fourth-order valence-corrected chi connectivity index (χ4v) is 2.81. The number of hydrogen-bond donors (Lipinski definition) is 3. The molecule has 1 aromatic rings. The van der Waals surface area contributed by atoms with Gasteiger partial charge in [0.1, 0.15) is 18.3 Å². The van der Waals surface area contributed by atoms with Crippen molar-refractivity contribution in [3.8, 4) is 0 Å². The lowest BCUT2D eigenvalue weighted by Gasteiger charge is -2.32. The lowest BCUT2D eigenvalue weighted by atomic mass is 10.1. The Kier molecular flexibility index (Phi) is 3.89. The predicted molar refractivity (Wildman–Crippen MR) is 68.9 cm³/mol. The monoisotopic (exact) mass is 316 g/mol. The molecule has 1 aromatic heterocycles. The van der Waals surface area contributed by atoms with Crippen LogP contribution in [0, 0.1) is 0 Å². The summed E-state index contributed by atoms with van der Waals surface area (Å²) in [7, 11) is 2.75. The number of hydrogen-bond acceptors (Lipinski definition) is 8. The molecule has 0 saturated carbocycles. The molecule has 22 heavy (non-hydrogen) atoms. The average molecular weight is 316 g/mol. The zero-order valence-corrected chi connectivity index (χ0v) is 11.8. The molecule has 2 aliphatic heterocycles. The van der Waals surface area contributed by atoms with Crippen molar-refractivity contribution in [1.82, 2.24) is 9.55 Å². The lowest BCUT2D eigenvalue weighted by Crippen LogP contribution is -2.46. The van der Waals surface area contributed by atoms with E-state index in [4.69, 9.17) is 18.9 Å². The second-order valence-corrected chi connectivity index (χ2v) is 5.01. The van der Waals surface area contributed by atoms with Gasteiger partial charge in [0.25, 0.3) is 5.56 Å². The normalized spacial score (nSPS) is 33.8. The average Bonchev–Trinajstić information content (AvgIpc) is 2.78. The number of aromatic amines is 1. The van der Waals surface area contributed by atoms with Crippen LogP contribution in [0.2, 0.25) is 0 Å². The van der Waals surface area contributed by atoms with Gasteiger partial charge in [-0.3, -0.25) is 14.3 Å². The van der Waals surface area contributed by atoms with Gasteiger partial charge in [0.15, 0.2) is 18.8 Å². The molecule has 0 amide bonds. The standard InChI is InChI=1S/C12H16N2O8/c1-19-11(20-2)8-6(16)7-9(21-8)14-4(10(17)22-7)3-5(15)13-12(14)18/h3,6-11,16-17H,1-2H3,(H,13,15,18)/t6-,7-,8-,9+,10?/m0/s1. The molecule has 0 aliphatic carbocycles. The van der Waals surface area contributed by atoms with Crippen LogP contribution >= 0.6 is 0 Å². The van der Waals surface area contributed by atoms with Crippen molar-refractivity contribution in [1.29, 1.82) is 0 Å². The Labute approximate surface area is 123 Å². The highest BCUT2D eigenvalue weighted by Crippen LogP contribution is 2.39. The SMILES string of the molecule is COC(OC)[C@H]1O[C@@H]2[C@@H](OC(O)c3cc(=O)[nH]c(=O)n32)[C@@H]1O. The summed E-state index contributed by atoms with van der Waals surface area (Å²) in [5.41, 5.74) is -1.48. The van der Waals surface area contributed by atoms with Crippen LogP contribution in [0.1, 0.15) is 18.2 Å². The summed E-state index contributed by atoms with van der Waals surface area (Å²) in [6, 6.07) is 1.04. The molecule has 10 heteroatoms. The van der Waals surface area contributed by atoms with Crippen molar-refractivity contribution in [2.45, 2.75) is 37.1 Å². The summed E-state index contributed by atoms with van der Waals surface area (Å²) < 4.78 is 22.1. The zero-order valence-electron chi connectivity index (χ0n) is 11.8. The van der Waals surface area contributed by atoms with Gasteiger partial charge in [-0.25, -0.2) is 4.79 Å². The van der Waals surface area contributed by atoms with Gasteiger partial charge in [-0.1, -0.05) is 0 Å². The molecule has 1 unspecified atom stereocenters. The molecule has 0 bridgehead atoms. The van der Waals surface area contributed by atoms with Gasteiger partial charge in [0, 0.05) is 20.3 Å². The molecule has 1 fully saturated rings. The van der Waals surface area contributed by atoms with Gasteiger partial charge < -0.3 is 29.2 Å². The van der Waals surface area contributed by atoms with Crippen LogP contribution in [0.15, 0.2) is 15.7 Å². The van der Waals surface area contributed by atoms with Crippen LogP contribution < -0.4 is 11.2 Å². The largest absolute Gasteiger partial charge is 0.387 e. The maximum Gasteiger partial charge on any atom is 0.330 e. The smallest absolute Gasteiger partial charge is 0.330 e. The van der Waals surface area contributed by atoms with E-state index in [1.54, 1.807) is 0 Å². The molecule has 1 saturated heterocycles. The van der Waals surface area contributed by atoms with Crippen molar-refractivity contribution in [2.75, 3.05) is 14.2 Å². The van der Waals surface area contributed by atoms with Crippen molar-refractivity contribution >= 4 is 0 Å². The number of fused-ring (bicyclic) bond motifs is 3. The first-order valence-electron chi connectivity index (χ1n) is 6.56. The maximum atomic E-state index is 12.0. The summed E-state index contributed by atoms with van der Waals surface area (Å²) in [5, 5.41) is 20.2. The van der Waals surface area contributed by atoms with Crippen LogP contribution in [0.25, 0.3) is 0 Å². The number of nitrogens with one attached hydrogen (secondary N) is 1. The Bertz CT molecular complexity index is 666. The third kappa shape index (κ3) is 2.20. The highest BCUT2D eigenvalue weighted by Gasteiger charge is 2.53. The van der Waals surface area contributed by atoms with E-state index in [0.717, 1.165) is 10.6 Å². The summed E-state index contributed by atoms with van der Waals surface area (Å²) in [6.45, 7) is 0. The quantitative estimate of drug-likeness (QED) is 0.535. The molecule has 3 rings (SSSR count). The Morgan fingerprint density at radius 3 is 2.59 bits per heavy atom. The summed E-state index contributed by atoms with van der Waals surface area (Å²) in [4.78, 5) is 25.5. The van der Waals surface area contributed by atoms with E-state index < -0.39 is 48.4 Å². The fraction of sp³-hybridized carbons (Fsp3) is 0.667. The highest BCUT2D eigenvalue weighted by molar-refractivity contribution is 5.10. The number of H-pyrrole nitrogens is 1. The molecule has 122 valence electrons. The molecule has 10 nitrogen and oxygen atoms in total. The molecule has 0 radical (unpaired) electrons. The van der Waals surface area contributed by atoms with E-state index in [0.29, 0.717) is 0 Å². The summed E-state index contributed by atoms with van der Waals surface area (Å²) in [6.07, 6.45) is -6.57. The van der Waals surface area contributed by atoms with E-state index >= 15 is 0 Å². The van der Waals surface area contributed by atoms with Crippen LogP contribution in [0.3, 0.4) is 0 Å². The van der Waals surface area contributed by atoms with Gasteiger partial charge in [-0.05, 0) is 0 Å². The summed E-state index contributed by atoms with van der Waals surface area (Å²) in [5.74, 6) is 0. The van der Waals surface area contributed by atoms with E-state index in [1.807, 2.05) is 0 Å². The topological polar surface area (TPSA) is 132 Å². The van der Waals surface area contributed by atoms with E-state index in [-0.39, 0.29) is 5.69 Å². The predicted octanol–water partition coefficient (Wildman–Crippen LogP) is -2.20. The Morgan fingerprint density at radius 1 is 1.27 bits per heavy atom. The van der Waals surface area contributed by atoms with E-state index in [1.165, 1.54) is 14.2 Å². The molecular formula is C12H16N2O8. The fourth-order valence-electron chi connectivity index (χ4n) is 2.81. The zero-order chi connectivity index (χ0) is 16.0. The minimum atomic E-state index is -1.53. The van der Waals surface area contributed by atoms with Crippen LogP contribution in [0.5, 0.6) is 0 Å². The van der Waals surface area contributed by atoms with Crippen molar-refractivity contribution in [3.05, 3.63) is 32.6 Å². The number of rotatable bonds is 3. The van der Waals surface area contributed by atoms with Gasteiger partial charge in [-0.15, -0.1) is 0 Å². The number of aliphatic hydroxyl groups excluding tert-OH is 2. The molecule has 0 aromatic carbocycles. The molecule has 0 spiro atoms. The third-order valence-electron chi connectivity index (χ3n) is 3.78. The van der Waals surface area contributed by atoms with Gasteiger partial charge in [0.2, 0.25) is 0 Å². The first-order chi connectivity index (χ1) is 10.5. The van der Waals surface area contributed by atoms with Crippen molar-refractivity contribution < 1.29 is 29.2 Å². The highest BCUT2D eigenvalue weighted by atomic mass is 16.7. The minimum absolute atomic E-state index is 0.0470. The first-order valence-corrected chi connectivity index (χ1v) is 6.56. The second kappa shape index (κ2) is 5.57. The van der Waals surface area contributed by atoms with Gasteiger partial charge >= 0.3 is 5.69 Å². The lowest BCUT2D eigenvalue weighted by molar-refractivity contribution is -0.212. The second-order valence-electron chi connectivity index (χ2n) is 5.01. The van der Waals surface area contributed by atoms with Gasteiger partial charge in [0.05, 0.1) is 5.69 Å². The number of ether oxygens (including phenoxy) is 4. The molecule has 5 atom stereocenters. The number of methoxy groups -OCH3 is 2. The number of nitrogens with zero attached hydrogens (tertiary/aromatic N) is 1. The number of aliphatic hydroxyl groups is 2. The van der Waals surface area contributed by atoms with Gasteiger partial charge in [-0.2, -0.15) is 0 Å². The van der Waals surface area contributed by atoms with Crippen molar-refractivity contribution in [2.24, 2.45) is 0 Å². The van der Waals surface area contributed by atoms with E-state index in [9.17, 15) is 19.8 Å². The van der Waals surface area contributed by atoms with Crippen LogP contribution in [-0.2, 0) is 18.9 Å².